The summed E-state index contributed by atoms with van der Waals surface area (Å²) < 4.78 is -0.647. The summed E-state index contributed by atoms with van der Waals surface area (Å²) in [6.07, 6.45) is -0.381. The summed E-state index contributed by atoms with van der Waals surface area (Å²) in [5.74, 6) is 0. The van der Waals surface area contributed by atoms with E-state index in [-0.39, 0.29) is 0 Å². The van der Waals surface area contributed by atoms with Gasteiger partial charge in [0, 0.05) is 0 Å². The van der Waals surface area contributed by atoms with E-state index in [0.717, 1.165) is 15.8 Å². The quantitative estimate of drug-likeness (QED) is 0.510. The van der Waals surface area contributed by atoms with Gasteiger partial charge in [0.2, 0.25) is 10.2 Å². The van der Waals surface area contributed by atoms with Gasteiger partial charge < -0.3 is 10.6 Å². The molecule has 0 saturated carbocycles. The number of rotatable bonds is 4. The molecule has 1 aromatic heterocycles. The molecular weight excluding hydrogens is 329 g/mol. The van der Waals surface area contributed by atoms with Crippen LogP contribution in [0, 0.1) is 6.92 Å². The number of hydrogen-bond donors (Lipinski definition) is 2. The van der Waals surface area contributed by atoms with E-state index in [1.165, 1.54) is 11.3 Å². The number of amides is 1. The van der Waals surface area contributed by atoms with Crippen molar-refractivity contribution < 1.29 is 4.79 Å². The Bertz CT molecular complexity index is 596. The first-order chi connectivity index (χ1) is 8.90. The number of carbonyl (C=O) groups is 1. The van der Waals surface area contributed by atoms with Gasteiger partial charge >= 0.3 is 0 Å². The Morgan fingerprint density at radius 2 is 2.16 bits per heavy atom. The number of aromatic nitrogens is 1. The van der Waals surface area contributed by atoms with Gasteiger partial charge in [-0.15, -0.1) is 0 Å². The third kappa shape index (κ3) is 3.63. The molecule has 8 heteroatoms. The van der Waals surface area contributed by atoms with Crippen LogP contribution in [-0.2, 0) is 4.79 Å². The number of hydrogen-bond acceptors (Lipinski definition) is 4. The van der Waals surface area contributed by atoms with Gasteiger partial charge in [-0.1, -0.05) is 52.2 Å². The zero-order valence-corrected chi connectivity index (χ0v) is 12.9. The van der Waals surface area contributed by atoms with E-state index < -0.39 is 9.96 Å². The summed E-state index contributed by atoms with van der Waals surface area (Å²) in [7, 11) is 0. The minimum Gasteiger partial charge on any atom is -0.338 e. The van der Waals surface area contributed by atoms with Crippen molar-refractivity contribution >= 4 is 67.9 Å². The standard InChI is InChI=1S/C11H10Cl3N3OS/c1-6-2-3-7-8(4-6)19-10(16-7)17-9(15-5-18)11(12,13)14/h2-5,9H,1H3,(H,15,18)(H,16,17). The lowest BCUT2D eigenvalue weighted by Crippen LogP contribution is -2.45. The summed E-state index contributed by atoms with van der Waals surface area (Å²) in [4.78, 5) is 14.9. The van der Waals surface area contributed by atoms with Crippen molar-refractivity contribution in [1.29, 1.82) is 0 Å². The van der Waals surface area contributed by atoms with Crippen molar-refractivity contribution in [2.75, 3.05) is 5.32 Å². The average Bonchev–Trinajstić information content (AvgIpc) is 2.68. The summed E-state index contributed by atoms with van der Waals surface area (Å²) in [6.45, 7) is 2.00. The molecule has 2 rings (SSSR count). The van der Waals surface area contributed by atoms with Gasteiger partial charge in [0.15, 0.2) is 5.13 Å². The maximum atomic E-state index is 10.5. The molecule has 1 aromatic carbocycles. The second-order valence-electron chi connectivity index (χ2n) is 3.89. The molecule has 1 unspecified atom stereocenters. The van der Waals surface area contributed by atoms with Gasteiger partial charge in [0.25, 0.3) is 0 Å². The number of halogens is 3. The number of nitrogens with zero attached hydrogens (tertiary/aromatic N) is 1. The van der Waals surface area contributed by atoms with Crippen LogP contribution in [0.3, 0.4) is 0 Å². The van der Waals surface area contributed by atoms with Gasteiger partial charge in [-0.2, -0.15) is 0 Å². The Balaban J connectivity index is 2.26. The van der Waals surface area contributed by atoms with Crippen molar-refractivity contribution in [3.05, 3.63) is 23.8 Å². The highest BCUT2D eigenvalue weighted by Crippen LogP contribution is 2.33. The molecule has 102 valence electrons. The first kappa shape index (κ1) is 14.7. The van der Waals surface area contributed by atoms with Crippen LogP contribution in [0.1, 0.15) is 5.56 Å². The van der Waals surface area contributed by atoms with Gasteiger partial charge in [0.1, 0.15) is 6.17 Å². The maximum Gasteiger partial charge on any atom is 0.228 e. The van der Waals surface area contributed by atoms with Gasteiger partial charge in [-0.3, -0.25) is 4.79 Å². The van der Waals surface area contributed by atoms with E-state index in [9.17, 15) is 4.79 Å². The molecule has 0 spiro atoms. The van der Waals surface area contributed by atoms with Gasteiger partial charge in [-0.25, -0.2) is 4.98 Å². The van der Waals surface area contributed by atoms with E-state index in [4.69, 9.17) is 34.8 Å². The van der Waals surface area contributed by atoms with Crippen LogP contribution in [0.4, 0.5) is 5.13 Å². The molecule has 0 bridgehead atoms. The highest BCUT2D eigenvalue weighted by molar-refractivity contribution is 7.22. The minimum absolute atomic E-state index is 0.469. The number of alkyl halides is 3. The molecule has 1 heterocycles. The Morgan fingerprint density at radius 1 is 1.42 bits per heavy atom. The van der Waals surface area contributed by atoms with Crippen molar-refractivity contribution in [1.82, 2.24) is 10.3 Å². The van der Waals surface area contributed by atoms with E-state index in [2.05, 4.69) is 15.6 Å². The van der Waals surface area contributed by atoms with Crippen LogP contribution < -0.4 is 10.6 Å². The van der Waals surface area contributed by atoms with Crippen LogP contribution in [-0.4, -0.2) is 21.4 Å². The SMILES string of the molecule is Cc1ccc2nc(NC(NC=O)C(Cl)(Cl)Cl)sc2c1. The fourth-order valence-corrected chi connectivity index (χ4v) is 2.85. The summed E-state index contributed by atoms with van der Waals surface area (Å²) >= 11 is 18.8. The van der Waals surface area contributed by atoms with Crippen LogP contribution >= 0.6 is 46.1 Å². The van der Waals surface area contributed by atoms with E-state index in [1.807, 2.05) is 25.1 Å². The lowest BCUT2D eigenvalue weighted by molar-refractivity contribution is -0.110. The van der Waals surface area contributed by atoms with E-state index in [0.29, 0.717) is 11.5 Å². The fraction of sp³-hybridized carbons (Fsp3) is 0.273. The monoisotopic (exact) mass is 337 g/mol. The minimum atomic E-state index is -1.67. The number of nitrogens with one attached hydrogen (secondary N) is 2. The molecule has 4 nitrogen and oxygen atoms in total. The highest BCUT2D eigenvalue weighted by atomic mass is 35.6. The Morgan fingerprint density at radius 3 is 2.79 bits per heavy atom. The molecule has 0 aliphatic rings. The normalized spacial score (nSPS) is 13.3. The van der Waals surface area contributed by atoms with Crippen molar-refractivity contribution in [2.24, 2.45) is 0 Å². The zero-order valence-electron chi connectivity index (χ0n) is 9.78. The molecular formula is C11H10Cl3N3OS. The van der Waals surface area contributed by atoms with Crippen molar-refractivity contribution in [3.8, 4) is 0 Å². The third-order valence-corrected chi connectivity index (χ3v) is 3.98. The largest absolute Gasteiger partial charge is 0.338 e. The highest BCUT2D eigenvalue weighted by Gasteiger charge is 2.33. The maximum absolute atomic E-state index is 10.5. The average molecular weight is 339 g/mol. The van der Waals surface area contributed by atoms with Crippen LogP contribution in [0.5, 0.6) is 0 Å². The molecule has 1 amide bonds. The molecule has 1 atom stereocenters. The lowest BCUT2D eigenvalue weighted by atomic mass is 10.2. The number of anilines is 1. The van der Waals surface area contributed by atoms with Gasteiger partial charge in [0.05, 0.1) is 10.2 Å². The van der Waals surface area contributed by atoms with Crippen LogP contribution in [0.15, 0.2) is 18.2 Å². The molecule has 0 fully saturated rings. The summed E-state index contributed by atoms with van der Waals surface area (Å²) in [6, 6.07) is 5.92. The first-order valence-corrected chi connectivity index (χ1v) is 7.25. The second-order valence-corrected chi connectivity index (χ2v) is 7.29. The molecule has 2 aromatic rings. The number of carbonyl (C=O) groups excluding carboxylic acids is 1. The molecule has 2 N–H and O–H groups in total. The number of thiazole rings is 1. The molecule has 0 aliphatic heterocycles. The number of benzene rings is 1. The van der Waals surface area contributed by atoms with Crippen molar-refractivity contribution in [2.45, 2.75) is 16.9 Å². The number of fused-ring (bicyclic) bond motifs is 1. The molecule has 0 saturated heterocycles. The predicted molar refractivity (Wildman–Crippen MR) is 81.3 cm³/mol. The third-order valence-electron chi connectivity index (χ3n) is 2.37. The van der Waals surface area contributed by atoms with Crippen molar-refractivity contribution in [3.63, 3.8) is 0 Å². The molecule has 19 heavy (non-hydrogen) atoms. The zero-order chi connectivity index (χ0) is 14.0. The topological polar surface area (TPSA) is 54.0 Å². The number of aryl methyl sites for hydroxylation is 1. The predicted octanol–water partition coefficient (Wildman–Crippen LogP) is 3.46. The second kappa shape index (κ2) is 5.71. The van der Waals surface area contributed by atoms with Gasteiger partial charge in [-0.05, 0) is 24.6 Å². The van der Waals surface area contributed by atoms with Crippen LogP contribution in [0.25, 0.3) is 10.2 Å². The summed E-state index contributed by atoms with van der Waals surface area (Å²) in [5, 5.41) is 5.88. The fourth-order valence-electron chi connectivity index (χ4n) is 1.50. The lowest BCUT2D eigenvalue weighted by Gasteiger charge is -2.24. The van der Waals surface area contributed by atoms with E-state index >= 15 is 0 Å². The molecule has 0 aliphatic carbocycles. The smallest absolute Gasteiger partial charge is 0.228 e. The Hall–Kier alpha value is -0.750. The van der Waals surface area contributed by atoms with E-state index in [1.54, 1.807) is 0 Å². The Kier molecular flexibility index (Phi) is 4.40. The first-order valence-electron chi connectivity index (χ1n) is 5.30. The summed E-state index contributed by atoms with van der Waals surface area (Å²) in [5.41, 5.74) is 2.00. The van der Waals surface area contributed by atoms with Crippen LogP contribution in [0.2, 0.25) is 0 Å². The Labute approximate surface area is 129 Å². The molecule has 0 radical (unpaired) electrons.